The van der Waals surface area contributed by atoms with Crippen LogP contribution in [0.15, 0.2) is 12.1 Å². The van der Waals surface area contributed by atoms with Gasteiger partial charge >= 0.3 is 0 Å². The number of hydrogen-bond donors (Lipinski definition) is 1. The molecule has 1 aliphatic heterocycles. The van der Waals surface area contributed by atoms with Crippen molar-refractivity contribution in [2.24, 2.45) is 0 Å². The van der Waals surface area contributed by atoms with Crippen molar-refractivity contribution in [3.05, 3.63) is 35.1 Å². The number of nitrogens with zero attached hydrogens (tertiary/aromatic N) is 1. The molecule has 0 radical (unpaired) electrons. The maximum atomic E-state index is 13.6. The molecule has 2 nitrogen and oxygen atoms in total. The molecule has 0 saturated carbocycles. The van der Waals surface area contributed by atoms with Crippen molar-refractivity contribution in [2.75, 3.05) is 26.2 Å². The molecular formula is C12H16ClF3N2. The summed E-state index contributed by atoms with van der Waals surface area (Å²) in [5, 5.41) is 3.19. The average Bonchev–Trinajstić information content (AvgIpc) is 2.34. The average molecular weight is 281 g/mol. The molecule has 0 unspecified atom stereocenters. The molecule has 0 aromatic heterocycles. The van der Waals surface area contributed by atoms with E-state index in [9.17, 15) is 13.2 Å². The summed E-state index contributed by atoms with van der Waals surface area (Å²) in [6, 6.07) is 1.33. The third-order valence-electron chi connectivity index (χ3n) is 3.19. The van der Waals surface area contributed by atoms with Gasteiger partial charge < -0.3 is 5.32 Å². The van der Waals surface area contributed by atoms with E-state index in [1.807, 2.05) is 4.90 Å². The molecule has 0 aliphatic carbocycles. The predicted molar refractivity (Wildman–Crippen MR) is 66.4 cm³/mol. The summed E-state index contributed by atoms with van der Waals surface area (Å²) in [4.78, 5) is 2.05. The smallest absolute Gasteiger partial charge is 0.161 e. The SMILES string of the molecule is C[C@@H](c1cc(F)c(F)cc1F)N1CCNCC1.Cl. The zero-order chi connectivity index (χ0) is 12.4. The number of piperazine rings is 1. The molecule has 1 aliphatic rings. The van der Waals surface area contributed by atoms with Gasteiger partial charge in [-0.25, -0.2) is 13.2 Å². The molecule has 0 bridgehead atoms. The molecule has 0 amide bonds. The zero-order valence-electron chi connectivity index (χ0n) is 10.0. The molecule has 2 rings (SSSR count). The van der Waals surface area contributed by atoms with Crippen LogP contribution in [0.4, 0.5) is 13.2 Å². The zero-order valence-corrected chi connectivity index (χ0v) is 10.9. The standard InChI is InChI=1S/C12H15F3N2.ClH/c1-8(17-4-2-16-3-5-17)9-6-11(14)12(15)7-10(9)13;/h6-8,16H,2-5H2,1H3;1H/t8-;/m0./s1. The molecule has 1 heterocycles. The van der Waals surface area contributed by atoms with E-state index in [0.29, 0.717) is 6.07 Å². The normalized spacial score (nSPS) is 18.2. The largest absolute Gasteiger partial charge is 0.314 e. The number of hydrogen-bond acceptors (Lipinski definition) is 2. The Morgan fingerprint density at radius 3 is 2.22 bits per heavy atom. The number of rotatable bonds is 2. The van der Waals surface area contributed by atoms with Gasteiger partial charge in [0.05, 0.1) is 0 Å². The molecular weight excluding hydrogens is 265 g/mol. The minimum atomic E-state index is -1.14. The molecule has 6 heteroatoms. The van der Waals surface area contributed by atoms with Crippen LogP contribution in [-0.2, 0) is 0 Å². The van der Waals surface area contributed by atoms with Gasteiger partial charge in [-0.15, -0.1) is 12.4 Å². The third-order valence-corrected chi connectivity index (χ3v) is 3.19. The molecule has 1 atom stereocenters. The number of halogens is 4. The van der Waals surface area contributed by atoms with Crippen LogP contribution in [0.2, 0.25) is 0 Å². The lowest BCUT2D eigenvalue weighted by Crippen LogP contribution is -2.44. The minimum absolute atomic E-state index is 0. The maximum Gasteiger partial charge on any atom is 0.161 e. The Morgan fingerprint density at radius 2 is 1.61 bits per heavy atom. The monoisotopic (exact) mass is 280 g/mol. The highest BCUT2D eigenvalue weighted by Crippen LogP contribution is 2.25. The van der Waals surface area contributed by atoms with Gasteiger partial charge in [-0.3, -0.25) is 4.90 Å². The van der Waals surface area contributed by atoms with E-state index in [1.165, 1.54) is 0 Å². The molecule has 1 N–H and O–H groups in total. The summed E-state index contributed by atoms with van der Waals surface area (Å²) in [7, 11) is 0. The lowest BCUT2D eigenvalue weighted by atomic mass is 10.1. The first-order valence-electron chi connectivity index (χ1n) is 5.69. The van der Waals surface area contributed by atoms with Crippen LogP contribution in [0.3, 0.4) is 0 Å². The molecule has 102 valence electrons. The van der Waals surface area contributed by atoms with E-state index >= 15 is 0 Å². The Kier molecular flexibility index (Phi) is 5.44. The van der Waals surface area contributed by atoms with Crippen LogP contribution >= 0.6 is 12.4 Å². The van der Waals surface area contributed by atoms with E-state index in [2.05, 4.69) is 5.32 Å². The highest BCUT2D eigenvalue weighted by atomic mass is 35.5. The highest BCUT2D eigenvalue weighted by Gasteiger charge is 2.22. The second-order valence-corrected chi connectivity index (χ2v) is 4.25. The van der Waals surface area contributed by atoms with Gasteiger partial charge in [-0.2, -0.15) is 0 Å². The summed E-state index contributed by atoms with van der Waals surface area (Å²) < 4.78 is 39.5. The molecule has 1 aromatic carbocycles. The predicted octanol–water partition coefficient (Wildman–Crippen LogP) is 2.49. The number of nitrogens with one attached hydrogen (secondary N) is 1. The van der Waals surface area contributed by atoms with Gasteiger partial charge in [-0.1, -0.05) is 0 Å². The first-order valence-corrected chi connectivity index (χ1v) is 5.69. The van der Waals surface area contributed by atoms with Gasteiger partial charge in [0, 0.05) is 43.9 Å². The van der Waals surface area contributed by atoms with E-state index in [0.717, 1.165) is 32.2 Å². The molecule has 1 aromatic rings. The Bertz CT molecular complexity index is 409. The summed E-state index contributed by atoms with van der Waals surface area (Å²) in [5.74, 6) is -2.82. The summed E-state index contributed by atoms with van der Waals surface area (Å²) in [5.41, 5.74) is 0.214. The van der Waals surface area contributed by atoms with Crippen LogP contribution in [0, 0.1) is 17.5 Å². The maximum absolute atomic E-state index is 13.6. The first kappa shape index (κ1) is 15.3. The molecule has 1 fully saturated rings. The van der Waals surface area contributed by atoms with Gasteiger partial charge in [-0.05, 0) is 13.0 Å². The second kappa shape index (κ2) is 6.41. The second-order valence-electron chi connectivity index (χ2n) is 4.25. The van der Waals surface area contributed by atoms with E-state index in [1.54, 1.807) is 6.92 Å². The Hall–Kier alpha value is -0.780. The van der Waals surface area contributed by atoms with Crippen molar-refractivity contribution in [3.8, 4) is 0 Å². The van der Waals surface area contributed by atoms with Gasteiger partial charge in [0.25, 0.3) is 0 Å². The van der Waals surface area contributed by atoms with Crippen LogP contribution in [0.5, 0.6) is 0 Å². The van der Waals surface area contributed by atoms with Crippen molar-refractivity contribution < 1.29 is 13.2 Å². The lowest BCUT2D eigenvalue weighted by molar-refractivity contribution is 0.182. The fraction of sp³-hybridized carbons (Fsp3) is 0.500. The number of benzene rings is 1. The van der Waals surface area contributed by atoms with Gasteiger partial charge in [0.1, 0.15) is 5.82 Å². The first-order chi connectivity index (χ1) is 8.09. The van der Waals surface area contributed by atoms with Crippen LogP contribution in [0.1, 0.15) is 18.5 Å². The lowest BCUT2D eigenvalue weighted by Gasteiger charge is -2.33. The minimum Gasteiger partial charge on any atom is -0.314 e. The fourth-order valence-corrected chi connectivity index (χ4v) is 2.12. The van der Waals surface area contributed by atoms with Crippen LogP contribution in [0.25, 0.3) is 0 Å². The summed E-state index contributed by atoms with van der Waals surface area (Å²) >= 11 is 0. The molecule has 18 heavy (non-hydrogen) atoms. The summed E-state index contributed by atoms with van der Waals surface area (Å²) in [6.45, 7) is 5.02. The van der Waals surface area contributed by atoms with Gasteiger partial charge in [0.2, 0.25) is 0 Å². The fourth-order valence-electron chi connectivity index (χ4n) is 2.12. The highest BCUT2D eigenvalue weighted by molar-refractivity contribution is 5.85. The van der Waals surface area contributed by atoms with Crippen molar-refractivity contribution in [3.63, 3.8) is 0 Å². The van der Waals surface area contributed by atoms with Crippen LogP contribution < -0.4 is 5.32 Å². The van der Waals surface area contributed by atoms with Crippen molar-refractivity contribution in [2.45, 2.75) is 13.0 Å². The van der Waals surface area contributed by atoms with Crippen molar-refractivity contribution in [1.29, 1.82) is 0 Å². The van der Waals surface area contributed by atoms with E-state index in [4.69, 9.17) is 0 Å². The van der Waals surface area contributed by atoms with Crippen molar-refractivity contribution >= 4 is 12.4 Å². The quantitative estimate of drug-likeness (QED) is 0.838. The third kappa shape index (κ3) is 3.16. The van der Waals surface area contributed by atoms with Crippen LogP contribution in [-0.4, -0.2) is 31.1 Å². The Labute approximate surface area is 111 Å². The van der Waals surface area contributed by atoms with Gasteiger partial charge in [0.15, 0.2) is 11.6 Å². The molecule has 1 saturated heterocycles. The molecule has 0 spiro atoms. The van der Waals surface area contributed by atoms with E-state index in [-0.39, 0.29) is 24.0 Å². The Balaban J connectivity index is 0.00000162. The summed E-state index contributed by atoms with van der Waals surface area (Å²) in [6.07, 6.45) is 0. The Morgan fingerprint density at radius 1 is 1.06 bits per heavy atom. The van der Waals surface area contributed by atoms with E-state index < -0.39 is 17.5 Å². The topological polar surface area (TPSA) is 15.3 Å². The van der Waals surface area contributed by atoms with Crippen molar-refractivity contribution in [1.82, 2.24) is 10.2 Å².